The van der Waals surface area contributed by atoms with Crippen molar-refractivity contribution in [3.63, 3.8) is 0 Å². The fourth-order valence-corrected chi connectivity index (χ4v) is 1.64. The highest BCUT2D eigenvalue weighted by Crippen LogP contribution is 2.02. The average Bonchev–Trinajstić information content (AvgIpc) is 2.41. The SMILES string of the molecule is CC/C=C\C/C=C\C=C\C(O)C/C=C\CCCCC. The van der Waals surface area contributed by atoms with Crippen molar-refractivity contribution >= 4 is 0 Å². The van der Waals surface area contributed by atoms with E-state index in [0.29, 0.717) is 6.42 Å². The Bertz CT molecular complexity index is 284. The van der Waals surface area contributed by atoms with Gasteiger partial charge in [0.05, 0.1) is 6.10 Å². The van der Waals surface area contributed by atoms with Crippen molar-refractivity contribution in [2.75, 3.05) is 0 Å². The lowest BCUT2D eigenvalue weighted by Gasteiger charge is -1.99. The van der Waals surface area contributed by atoms with Crippen LogP contribution < -0.4 is 0 Å². The molecule has 0 aromatic heterocycles. The Labute approximate surface area is 119 Å². The Kier molecular flexibility index (Phi) is 14.1. The van der Waals surface area contributed by atoms with Gasteiger partial charge in [0.25, 0.3) is 0 Å². The van der Waals surface area contributed by atoms with Crippen LogP contribution in [0, 0.1) is 0 Å². The van der Waals surface area contributed by atoms with Crippen LogP contribution in [0.2, 0.25) is 0 Å². The molecule has 0 aliphatic heterocycles. The molecule has 0 aliphatic carbocycles. The molecular formula is C18H30O. The van der Waals surface area contributed by atoms with Crippen molar-refractivity contribution in [1.29, 1.82) is 0 Å². The molecule has 1 unspecified atom stereocenters. The average molecular weight is 262 g/mol. The zero-order chi connectivity index (χ0) is 14.2. The molecule has 0 heterocycles. The van der Waals surface area contributed by atoms with E-state index in [1.54, 1.807) is 0 Å². The molecule has 0 aromatic rings. The first kappa shape index (κ1) is 17.9. The van der Waals surface area contributed by atoms with Crippen LogP contribution in [0.4, 0.5) is 0 Å². The molecule has 108 valence electrons. The van der Waals surface area contributed by atoms with Crippen LogP contribution in [0.3, 0.4) is 0 Å². The molecule has 0 fully saturated rings. The fourth-order valence-electron chi connectivity index (χ4n) is 1.64. The standard InChI is InChI=1S/C18H30O/c1-3-5-7-9-11-13-15-17-18(19)16-14-12-10-8-6-4-2/h5,7,11-15,17-19H,3-4,6,8-10,16H2,1-2H3/b7-5-,13-11-,14-12-,17-15+. The molecule has 1 N–H and O–H groups in total. The van der Waals surface area contributed by atoms with Gasteiger partial charge < -0.3 is 5.11 Å². The Morgan fingerprint density at radius 2 is 1.74 bits per heavy atom. The van der Waals surface area contributed by atoms with Gasteiger partial charge in [0.1, 0.15) is 0 Å². The number of hydrogen-bond acceptors (Lipinski definition) is 1. The van der Waals surface area contributed by atoms with Crippen LogP contribution in [0.1, 0.15) is 58.8 Å². The van der Waals surface area contributed by atoms with Gasteiger partial charge in [0.15, 0.2) is 0 Å². The van der Waals surface area contributed by atoms with E-state index in [4.69, 9.17) is 0 Å². The lowest BCUT2D eigenvalue weighted by atomic mass is 10.1. The van der Waals surface area contributed by atoms with E-state index in [2.05, 4.69) is 44.2 Å². The lowest BCUT2D eigenvalue weighted by molar-refractivity contribution is 0.227. The van der Waals surface area contributed by atoms with Gasteiger partial charge in [-0.2, -0.15) is 0 Å². The monoisotopic (exact) mass is 262 g/mol. The quantitative estimate of drug-likeness (QED) is 0.302. The van der Waals surface area contributed by atoms with Crippen LogP contribution >= 0.6 is 0 Å². The summed E-state index contributed by atoms with van der Waals surface area (Å²) < 4.78 is 0. The molecule has 0 saturated carbocycles. The summed E-state index contributed by atoms with van der Waals surface area (Å²) in [6, 6.07) is 0. The van der Waals surface area contributed by atoms with Gasteiger partial charge in [0.2, 0.25) is 0 Å². The van der Waals surface area contributed by atoms with Crippen molar-refractivity contribution < 1.29 is 5.11 Å². The molecule has 1 atom stereocenters. The number of allylic oxidation sites excluding steroid dienone is 6. The van der Waals surface area contributed by atoms with Gasteiger partial charge in [-0.3, -0.25) is 0 Å². The second-order valence-electron chi connectivity index (χ2n) is 4.70. The van der Waals surface area contributed by atoms with E-state index in [9.17, 15) is 5.11 Å². The molecule has 19 heavy (non-hydrogen) atoms. The maximum absolute atomic E-state index is 9.71. The zero-order valence-corrected chi connectivity index (χ0v) is 12.6. The molecule has 0 aliphatic rings. The molecule has 0 radical (unpaired) electrons. The number of aliphatic hydroxyl groups is 1. The molecule has 1 heteroatoms. The zero-order valence-electron chi connectivity index (χ0n) is 12.6. The summed E-state index contributed by atoms with van der Waals surface area (Å²) in [7, 11) is 0. The third kappa shape index (κ3) is 14.9. The van der Waals surface area contributed by atoms with Gasteiger partial charge in [-0.1, -0.05) is 75.3 Å². The van der Waals surface area contributed by atoms with Gasteiger partial charge in [-0.25, -0.2) is 0 Å². The summed E-state index contributed by atoms with van der Waals surface area (Å²) in [5.41, 5.74) is 0. The van der Waals surface area contributed by atoms with Gasteiger partial charge in [-0.05, 0) is 32.1 Å². The minimum absolute atomic E-state index is 0.363. The first-order valence-electron chi connectivity index (χ1n) is 7.62. The smallest absolute Gasteiger partial charge is 0.0758 e. The highest BCUT2D eigenvalue weighted by atomic mass is 16.3. The highest BCUT2D eigenvalue weighted by molar-refractivity contribution is 5.07. The van der Waals surface area contributed by atoms with Gasteiger partial charge in [0, 0.05) is 0 Å². The second-order valence-corrected chi connectivity index (χ2v) is 4.70. The summed E-state index contributed by atoms with van der Waals surface area (Å²) >= 11 is 0. The Balaban J connectivity index is 3.61. The lowest BCUT2D eigenvalue weighted by Crippen LogP contribution is -1.98. The van der Waals surface area contributed by atoms with E-state index in [1.165, 1.54) is 19.3 Å². The van der Waals surface area contributed by atoms with Crippen molar-refractivity contribution in [2.24, 2.45) is 0 Å². The second kappa shape index (κ2) is 15.0. The van der Waals surface area contributed by atoms with Crippen LogP contribution in [0.15, 0.2) is 48.6 Å². The first-order valence-corrected chi connectivity index (χ1v) is 7.62. The normalized spacial score (nSPS) is 14.5. The van der Waals surface area contributed by atoms with Crippen molar-refractivity contribution in [1.82, 2.24) is 0 Å². The van der Waals surface area contributed by atoms with Crippen molar-refractivity contribution in [3.8, 4) is 0 Å². The predicted molar refractivity (Wildman–Crippen MR) is 86.2 cm³/mol. The number of rotatable bonds is 11. The van der Waals surface area contributed by atoms with Crippen LogP contribution in [-0.4, -0.2) is 11.2 Å². The molecule has 0 rings (SSSR count). The molecule has 0 bridgehead atoms. The Morgan fingerprint density at radius 3 is 2.47 bits per heavy atom. The number of aliphatic hydroxyl groups excluding tert-OH is 1. The molecular weight excluding hydrogens is 232 g/mol. The van der Waals surface area contributed by atoms with Gasteiger partial charge in [-0.15, -0.1) is 0 Å². The summed E-state index contributed by atoms with van der Waals surface area (Å²) in [5, 5.41) is 9.71. The van der Waals surface area contributed by atoms with E-state index >= 15 is 0 Å². The third-order valence-corrected chi connectivity index (χ3v) is 2.77. The van der Waals surface area contributed by atoms with Crippen molar-refractivity contribution in [3.05, 3.63) is 48.6 Å². The maximum Gasteiger partial charge on any atom is 0.0758 e. The Hall–Kier alpha value is -1.08. The van der Waals surface area contributed by atoms with Crippen molar-refractivity contribution in [2.45, 2.75) is 64.9 Å². The minimum atomic E-state index is -0.363. The number of hydrogen-bond donors (Lipinski definition) is 1. The topological polar surface area (TPSA) is 20.2 Å². The fraction of sp³-hybridized carbons (Fsp3) is 0.556. The Morgan fingerprint density at radius 1 is 0.895 bits per heavy atom. The summed E-state index contributed by atoms with van der Waals surface area (Å²) in [5.74, 6) is 0. The minimum Gasteiger partial charge on any atom is -0.389 e. The first-order chi connectivity index (χ1) is 9.31. The largest absolute Gasteiger partial charge is 0.389 e. The van der Waals surface area contributed by atoms with E-state index in [0.717, 1.165) is 19.3 Å². The van der Waals surface area contributed by atoms with E-state index < -0.39 is 0 Å². The van der Waals surface area contributed by atoms with Crippen LogP contribution in [0.5, 0.6) is 0 Å². The molecule has 0 spiro atoms. The molecule has 0 amide bonds. The molecule has 0 aromatic carbocycles. The highest BCUT2D eigenvalue weighted by Gasteiger charge is 1.92. The van der Waals surface area contributed by atoms with Crippen LogP contribution in [0.25, 0.3) is 0 Å². The van der Waals surface area contributed by atoms with E-state index in [-0.39, 0.29) is 6.10 Å². The maximum atomic E-state index is 9.71. The predicted octanol–water partition coefficient (Wildman–Crippen LogP) is 5.34. The summed E-state index contributed by atoms with van der Waals surface area (Å²) in [4.78, 5) is 0. The van der Waals surface area contributed by atoms with Crippen LogP contribution in [-0.2, 0) is 0 Å². The summed E-state index contributed by atoms with van der Waals surface area (Å²) in [6.07, 6.45) is 23.8. The molecule has 0 saturated heterocycles. The molecule has 1 nitrogen and oxygen atoms in total. The van der Waals surface area contributed by atoms with Gasteiger partial charge >= 0.3 is 0 Å². The number of unbranched alkanes of at least 4 members (excludes halogenated alkanes) is 3. The summed E-state index contributed by atoms with van der Waals surface area (Å²) in [6.45, 7) is 4.34. The third-order valence-electron chi connectivity index (χ3n) is 2.77. The van der Waals surface area contributed by atoms with E-state index in [1.807, 2.05) is 18.2 Å².